The fraction of sp³-hybridized carbons (Fsp3) is 0.353. The second kappa shape index (κ2) is 6.94. The number of aryl methyl sites for hydroxylation is 3. The van der Waals surface area contributed by atoms with E-state index in [1.54, 1.807) is 17.6 Å². The zero-order chi connectivity index (χ0) is 17.3. The third-order valence-corrected chi connectivity index (χ3v) is 5.97. The summed E-state index contributed by atoms with van der Waals surface area (Å²) in [6.45, 7) is 8.34. The topological polar surface area (TPSA) is 68.0 Å². The molecule has 1 unspecified atom stereocenters. The molecule has 0 aliphatic rings. The molecule has 0 radical (unpaired) electrons. The maximum absolute atomic E-state index is 12.3. The van der Waals surface area contributed by atoms with Crippen molar-refractivity contribution in [1.29, 1.82) is 0 Å². The molecule has 0 aliphatic heterocycles. The molecule has 0 fully saturated rings. The van der Waals surface area contributed by atoms with E-state index in [9.17, 15) is 4.79 Å². The van der Waals surface area contributed by atoms with Gasteiger partial charge in [0.25, 0.3) is 0 Å². The summed E-state index contributed by atoms with van der Waals surface area (Å²) in [5.41, 5.74) is 1.20. The molecule has 0 saturated heterocycles. The number of nitrogens with one attached hydrogen (secondary N) is 1. The molecule has 5 nitrogen and oxygen atoms in total. The average Bonchev–Trinajstić information content (AvgIpc) is 3.13. The van der Waals surface area contributed by atoms with Crippen LogP contribution in [0.2, 0.25) is 0 Å². The lowest BCUT2D eigenvalue weighted by Crippen LogP contribution is -2.30. The molecule has 1 N–H and O–H groups in total. The molecule has 3 heterocycles. The predicted molar refractivity (Wildman–Crippen MR) is 97.5 cm³/mol. The Kier molecular flexibility index (Phi) is 4.91. The van der Waals surface area contributed by atoms with Crippen LogP contribution in [0.25, 0.3) is 10.2 Å². The van der Waals surface area contributed by atoms with Gasteiger partial charge in [-0.2, -0.15) is 0 Å². The van der Waals surface area contributed by atoms with E-state index in [0.29, 0.717) is 6.54 Å². The van der Waals surface area contributed by atoms with Gasteiger partial charge in [0, 0.05) is 10.3 Å². The first-order valence-electron chi connectivity index (χ1n) is 7.66. The van der Waals surface area contributed by atoms with Crippen molar-refractivity contribution in [3.05, 3.63) is 40.4 Å². The van der Waals surface area contributed by atoms with E-state index in [1.165, 1.54) is 22.2 Å². The van der Waals surface area contributed by atoms with Crippen LogP contribution in [0.3, 0.4) is 0 Å². The van der Waals surface area contributed by atoms with Crippen LogP contribution in [0.1, 0.15) is 28.9 Å². The highest BCUT2D eigenvalue weighted by atomic mass is 32.2. The van der Waals surface area contributed by atoms with Gasteiger partial charge in [0.2, 0.25) is 5.91 Å². The molecule has 0 bridgehead atoms. The van der Waals surface area contributed by atoms with Gasteiger partial charge >= 0.3 is 0 Å². The largest absolute Gasteiger partial charge is 0.467 e. The lowest BCUT2D eigenvalue weighted by molar-refractivity contribution is -0.120. The summed E-state index contributed by atoms with van der Waals surface area (Å²) in [7, 11) is 0. The van der Waals surface area contributed by atoms with E-state index >= 15 is 0 Å². The van der Waals surface area contributed by atoms with Gasteiger partial charge in [-0.15, -0.1) is 11.3 Å². The number of carbonyl (C=O) groups is 1. The Labute approximate surface area is 148 Å². The van der Waals surface area contributed by atoms with Gasteiger partial charge < -0.3 is 9.73 Å². The summed E-state index contributed by atoms with van der Waals surface area (Å²) < 4.78 is 5.23. The fourth-order valence-electron chi connectivity index (χ4n) is 2.35. The van der Waals surface area contributed by atoms with Crippen molar-refractivity contribution in [3.63, 3.8) is 0 Å². The predicted octanol–water partition coefficient (Wildman–Crippen LogP) is 4.01. The number of aromatic nitrogens is 2. The van der Waals surface area contributed by atoms with Crippen molar-refractivity contribution < 1.29 is 9.21 Å². The number of thiophene rings is 1. The first kappa shape index (κ1) is 17.0. The van der Waals surface area contributed by atoms with E-state index in [1.807, 2.05) is 26.0 Å². The van der Waals surface area contributed by atoms with Crippen LogP contribution >= 0.6 is 23.1 Å². The minimum Gasteiger partial charge on any atom is -0.467 e. The molecule has 0 aliphatic carbocycles. The van der Waals surface area contributed by atoms with Crippen LogP contribution in [0.4, 0.5) is 0 Å². The summed E-state index contributed by atoms with van der Waals surface area (Å²) in [6, 6.07) is 3.65. The molecule has 0 aromatic carbocycles. The van der Waals surface area contributed by atoms with Crippen molar-refractivity contribution in [2.45, 2.75) is 44.5 Å². The Morgan fingerprint density at radius 3 is 2.88 bits per heavy atom. The van der Waals surface area contributed by atoms with Crippen molar-refractivity contribution in [3.8, 4) is 0 Å². The Bertz CT molecular complexity index is 872. The summed E-state index contributed by atoms with van der Waals surface area (Å²) in [4.78, 5) is 23.7. The highest BCUT2D eigenvalue weighted by Crippen LogP contribution is 2.36. The van der Waals surface area contributed by atoms with Crippen LogP contribution in [-0.2, 0) is 11.3 Å². The van der Waals surface area contributed by atoms with Gasteiger partial charge in [0.05, 0.1) is 18.1 Å². The maximum atomic E-state index is 12.3. The van der Waals surface area contributed by atoms with Gasteiger partial charge in [-0.25, -0.2) is 9.97 Å². The SMILES string of the molecule is Cc1nc(SC(C)C(=O)NCc2ccco2)c2c(C)c(C)sc2n1. The van der Waals surface area contributed by atoms with Gasteiger partial charge in [-0.3, -0.25) is 4.79 Å². The van der Waals surface area contributed by atoms with Gasteiger partial charge in [0.1, 0.15) is 21.4 Å². The Morgan fingerprint density at radius 2 is 2.17 bits per heavy atom. The highest BCUT2D eigenvalue weighted by molar-refractivity contribution is 8.00. The quantitative estimate of drug-likeness (QED) is 0.549. The monoisotopic (exact) mass is 361 g/mol. The lowest BCUT2D eigenvalue weighted by Gasteiger charge is -2.12. The zero-order valence-electron chi connectivity index (χ0n) is 14.0. The molecule has 126 valence electrons. The summed E-state index contributed by atoms with van der Waals surface area (Å²) >= 11 is 3.15. The third kappa shape index (κ3) is 3.47. The maximum Gasteiger partial charge on any atom is 0.233 e. The van der Waals surface area contributed by atoms with Crippen molar-refractivity contribution in [2.24, 2.45) is 0 Å². The Morgan fingerprint density at radius 1 is 1.38 bits per heavy atom. The van der Waals surface area contributed by atoms with E-state index in [2.05, 4.69) is 29.1 Å². The number of hydrogen-bond acceptors (Lipinski definition) is 6. The highest BCUT2D eigenvalue weighted by Gasteiger charge is 2.20. The van der Waals surface area contributed by atoms with Crippen LogP contribution in [-0.4, -0.2) is 21.1 Å². The van der Waals surface area contributed by atoms with Crippen LogP contribution in [0.5, 0.6) is 0 Å². The Balaban J connectivity index is 1.77. The molecular weight excluding hydrogens is 342 g/mol. The number of nitrogens with zero attached hydrogens (tertiary/aromatic N) is 2. The number of amides is 1. The lowest BCUT2D eigenvalue weighted by atomic mass is 10.2. The fourth-order valence-corrected chi connectivity index (χ4v) is 4.57. The van der Waals surface area contributed by atoms with E-state index in [4.69, 9.17) is 4.42 Å². The number of thioether (sulfide) groups is 1. The molecule has 24 heavy (non-hydrogen) atoms. The van der Waals surface area contributed by atoms with E-state index in [-0.39, 0.29) is 11.2 Å². The van der Waals surface area contributed by atoms with Gasteiger partial charge in [-0.1, -0.05) is 11.8 Å². The summed E-state index contributed by atoms with van der Waals surface area (Å²) in [5, 5.41) is 4.58. The summed E-state index contributed by atoms with van der Waals surface area (Å²) in [6.07, 6.45) is 1.60. The van der Waals surface area contributed by atoms with Crippen molar-refractivity contribution in [2.75, 3.05) is 0 Å². The zero-order valence-corrected chi connectivity index (χ0v) is 15.7. The number of hydrogen-bond donors (Lipinski definition) is 1. The Hall–Kier alpha value is -1.86. The molecule has 7 heteroatoms. The standard InChI is InChI=1S/C17H19N3O2S2/c1-9-10(2)23-16-14(9)17(20-12(4)19-16)24-11(3)15(21)18-8-13-6-5-7-22-13/h5-7,11H,8H2,1-4H3,(H,18,21). The van der Waals surface area contributed by atoms with Crippen LogP contribution < -0.4 is 5.32 Å². The van der Waals surface area contributed by atoms with Crippen molar-refractivity contribution in [1.82, 2.24) is 15.3 Å². The third-order valence-electron chi connectivity index (χ3n) is 3.78. The second-order valence-electron chi connectivity index (χ2n) is 5.60. The van der Waals surface area contributed by atoms with Crippen molar-refractivity contribution >= 4 is 39.2 Å². The van der Waals surface area contributed by atoms with Gasteiger partial charge in [-0.05, 0) is 45.4 Å². The molecular formula is C17H19N3O2S2. The first-order valence-corrected chi connectivity index (χ1v) is 9.36. The minimum atomic E-state index is -0.253. The van der Waals surface area contributed by atoms with E-state index < -0.39 is 0 Å². The minimum absolute atomic E-state index is 0.0366. The molecule has 0 spiro atoms. The number of furan rings is 1. The second-order valence-corrected chi connectivity index (χ2v) is 8.13. The average molecular weight is 361 g/mol. The number of rotatable bonds is 5. The van der Waals surface area contributed by atoms with E-state index in [0.717, 1.165) is 26.8 Å². The molecule has 0 saturated carbocycles. The van der Waals surface area contributed by atoms with Crippen LogP contribution in [0, 0.1) is 20.8 Å². The number of carbonyl (C=O) groups excluding carboxylic acids is 1. The molecule has 3 aromatic heterocycles. The smallest absolute Gasteiger partial charge is 0.233 e. The van der Waals surface area contributed by atoms with Crippen LogP contribution in [0.15, 0.2) is 27.8 Å². The number of fused-ring (bicyclic) bond motifs is 1. The van der Waals surface area contributed by atoms with Gasteiger partial charge in [0.15, 0.2) is 0 Å². The molecule has 3 aromatic rings. The summed E-state index contributed by atoms with van der Waals surface area (Å²) in [5.74, 6) is 1.44. The molecule has 1 atom stereocenters. The first-order chi connectivity index (χ1) is 11.5. The normalized spacial score (nSPS) is 12.5. The molecule has 3 rings (SSSR count). The molecule has 1 amide bonds.